The third-order valence-electron chi connectivity index (χ3n) is 4.23. The molecular weight excluding hydrogens is 310 g/mol. The summed E-state index contributed by atoms with van der Waals surface area (Å²) in [6.07, 6.45) is 0.817. The average molecular weight is 328 g/mol. The van der Waals surface area contributed by atoms with Gasteiger partial charge in [-0.25, -0.2) is 0 Å². The standard InChI is InChI=1S/C19H18ClNO2/c1-12-3-8-17(13(2)9-12)21-18(22)11-15(19(21)23)10-14-4-6-16(20)7-5-14/h3-9,15H,10-11H2,1-2H3/t15-/m1/s1. The highest BCUT2D eigenvalue weighted by Crippen LogP contribution is 2.31. The number of carbonyl (C=O) groups excluding carboxylic acids is 2. The molecule has 0 aromatic heterocycles. The molecule has 23 heavy (non-hydrogen) atoms. The van der Waals surface area contributed by atoms with Crippen LogP contribution in [0, 0.1) is 19.8 Å². The zero-order valence-electron chi connectivity index (χ0n) is 13.2. The normalized spacial score (nSPS) is 17.9. The number of carbonyl (C=O) groups is 2. The number of amides is 2. The van der Waals surface area contributed by atoms with Crippen LogP contribution >= 0.6 is 11.6 Å². The summed E-state index contributed by atoms with van der Waals surface area (Å²) in [5.41, 5.74) is 3.77. The van der Waals surface area contributed by atoms with Gasteiger partial charge in [-0.3, -0.25) is 14.5 Å². The van der Waals surface area contributed by atoms with Crippen molar-refractivity contribution < 1.29 is 9.59 Å². The lowest BCUT2D eigenvalue weighted by molar-refractivity contribution is -0.122. The van der Waals surface area contributed by atoms with Crippen molar-refractivity contribution in [3.05, 3.63) is 64.2 Å². The van der Waals surface area contributed by atoms with E-state index in [9.17, 15) is 9.59 Å². The van der Waals surface area contributed by atoms with Crippen molar-refractivity contribution in [3.63, 3.8) is 0 Å². The Kier molecular flexibility index (Phi) is 4.22. The minimum Gasteiger partial charge on any atom is -0.274 e. The van der Waals surface area contributed by atoms with Crippen LogP contribution in [0.25, 0.3) is 0 Å². The molecule has 4 heteroatoms. The molecule has 0 radical (unpaired) electrons. The van der Waals surface area contributed by atoms with E-state index < -0.39 is 0 Å². The molecule has 0 N–H and O–H groups in total. The maximum absolute atomic E-state index is 12.7. The van der Waals surface area contributed by atoms with Gasteiger partial charge in [0.05, 0.1) is 11.6 Å². The fourth-order valence-corrected chi connectivity index (χ4v) is 3.19. The predicted octanol–water partition coefficient (Wildman–Crippen LogP) is 4.08. The molecular formula is C19H18ClNO2. The van der Waals surface area contributed by atoms with Gasteiger partial charge in [0.2, 0.25) is 11.8 Å². The summed E-state index contributed by atoms with van der Waals surface area (Å²) in [4.78, 5) is 26.4. The Bertz CT molecular complexity index is 767. The summed E-state index contributed by atoms with van der Waals surface area (Å²) in [5, 5.41) is 0.666. The van der Waals surface area contributed by atoms with Gasteiger partial charge in [0.15, 0.2) is 0 Å². The Balaban J connectivity index is 1.83. The molecule has 2 aromatic carbocycles. The van der Waals surface area contributed by atoms with Crippen molar-refractivity contribution in [2.75, 3.05) is 4.90 Å². The van der Waals surface area contributed by atoms with Crippen molar-refractivity contribution in [3.8, 4) is 0 Å². The minimum absolute atomic E-state index is 0.114. The topological polar surface area (TPSA) is 37.4 Å². The number of hydrogen-bond acceptors (Lipinski definition) is 2. The molecule has 1 aliphatic heterocycles. The highest BCUT2D eigenvalue weighted by atomic mass is 35.5. The lowest BCUT2D eigenvalue weighted by Crippen LogP contribution is -2.31. The summed E-state index contributed by atoms with van der Waals surface area (Å²) in [5.74, 6) is -0.540. The third-order valence-corrected chi connectivity index (χ3v) is 4.48. The molecule has 1 heterocycles. The molecule has 1 atom stereocenters. The van der Waals surface area contributed by atoms with Gasteiger partial charge in [0, 0.05) is 11.4 Å². The minimum atomic E-state index is -0.302. The fraction of sp³-hybridized carbons (Fsp3) is 0.263. The van der Waals surface area contributed by atoms with E-state index in [1.165, 1.54) is 4.90 Å². The Hall–Kier alpha value is -2.13. The SMILES string of the molecule is Cc1ccc(N2C(=O)C[C@@H](Cc3ccc(Cl)cc3)C2=O)c(C)c1. The van der Waals surface area contributed by atoms with E-state index in [4.69, 9.17) is 11.6 Å². The number of anilines is 1. The Morgan fingerprint density at radius 2 is 1.78 bits per heavy atom. The van der Waals surface area contributed by atoms with Crippen LogP contribution in [-0.2, 0) is 16.0 Å². The number of nitrogens with zero attached hydrogens (tertiary/aromatic N) is 1. The van der Waals surface area contributed by atoms with Gasteiger partial charge in [-0.05, 0) is 49.6 Å². The Morgan fingerprint density at radius 1 is 1.09 bits per heavy atom. The highest BCUT2D eigenvalue weighted by Gasteiger charge is 2.39. The smallest absolute Gasteiger partial charge is 0.237 e. The highest BCUT2D eigenvalue weighted by molar-refractivity contribution is 6.30. The van der Waals surface area contributed by atoms with Crippen LogP contribution in [0.15, 0.2) is 42.5 Å². The van der Waals surface area contributed by atoms with Gasteiger partial charge in [-0.1, -0.05) is 41.4 Å². The second kappa shape index (κ2) is 6.17. The van der Waals surface area contributed by atoms with Crippen molar-refractivity contribution in [2.45, 2.75) is 26.7 Å². The van der Waals surface area contributed by atoms with Crippen LogP contribution in [0.1, 0.15) is 23.1 Å². The zero-order chi connectivity index (χ0) is 16.6. The molecule has 2 amide bonds. The van der Waals surface area contributed by atoms with Crippen LogP contribution in [0.3, 0.4) is 0 Å². The molecule has 1 fully saturated rings. The van der Waals surface area contributed by atoms with E-state index in [0.717, 1.165) is 16.7 Å². The summed E-state index contributed by atoms with van der Waals surface area (Å²) in [6.45, 7) is 3.92. The molecule has 1 saturated heterocycles. The van der Waals surface area contributed by atoms with Crippen LogP contribution in [0.5, 0.6) is 0 Å². The quantitative estimate of drug-likeness (QED) is 0.797. The third kappa shape index (κ3) is 3.15. The van der Waals surface area contributed by atoms with Gasteiger partial charge in [0.1, 0.15) is 0 Å². The van der Waals surface area contributed by atoms with Gasteiger partial charge in [-0.15, -0.1) is 0 Å². The number of imide groups is 1. The number of aryl methyl sites for hydroxylation is 2. The van der Waals surface area contributed by atoms with E-state index >= 15 is 0 Å². The van der Waals surface area contributed by atoms with E-state index in [1.54, 1.807) is 12.1 Å². The van der Waals surface area contributed by atoms with E-state index in [-0.39, 0.29) is 24.2 Å². The zero-order valence-corrected chi connectivity index (χ0v) is 13.9. The van der Waals surface area contributed by atoms with E-state index in [1.807, 2.05) is 44.2 Å². The van der Waals surface area contributed by atoms with Crippen molar-refractivity contribution in [1.29, 1.82) is 0 Å². The number of rotatable bonds is 3. The Labute approximate surface area is 140 Å². The van der Waals surface area contributed by atoms with Gasteiger partial charge in [0.25, 0.3) is 0 Å². The molecule has 1 aliphatic rings. The molecule has 118 valence electrons. The first-order valence-corrected chi connectivity index (χ1v) is 8.02. The fourth-order valence-electron chi connectivity index (χ4n) is 3.07. The van der Waals surface area contributed by atoms with Gasteiger partial charge in [-0.2, -0.15) is 0 Å². The maximum Gasteiger partial charge on any atom is 0.237 e. The monoisotopic (exact) mass is 327 g/mol. The molecule has 0 bridgehead atoms. The average Bonchev–Trinajstić information content (AvgIpc) is 2.77. The number of halogens is 1. The number of hydrogen-bond donors (Lipinski definition) is 0. The summed E-state index contributed by atoms with van der Waals surface area (Å²) in [7, 11) is 0. The van der Waals surface area contributed by atoms with Crippen molar-refractivity contribution in [1.82, 2.24) is 0 Å². The van der Waals surface area contributed by atoms with Gasteiger partial charge < -0.3 is 0 Å². The lowest BCUT2D eigenvalue weighted by atomic mass is 9.98. The summed E-state index contributed by atoms with van der Waals surface area (Å²) in [6, 6.07) is 13.2. The summed E-state index contributed by atoms with van der Waals surface area (Å²) < 4.78 is 0. The molecule has 0 spiro atoms. The van der Waals surface area contributed by atoms with Crippen LogP contribution in [-0.4, -0.2) is 11.8 Å². The predicted molar refractivity (Wildman–Crippen MR) is 91.7 cm³/mol. The van der Waals surface area contributed by atoms with E-state index in [2.05, 4.69) is 0 Å². The molecule has 0 unspecified atom stereocenters. The van der Waals surface area contributed by atoms with Crippen LogP contribution in [0.4, 0.5) is 5.69 Å². The van der Waals surface area contributed by atoms with Gasteiger partial charge >= 0.3 is 0 Å². The first kappa shape index (κ1) is 15.8. The Morgan fingerprint density at radius 3 is 2.43 bits per heavy atom. The summed E-state index contributed by atoms with van der Waals surface area (Å²) >= 11 is 5.88. The second-order valence-electron chi connectivity index (χ2n) is 6.09. The first-order valence-electron chi connectivity index (χ1n) is 7.64. The largest absolute Gasteiger partial charge is 0.274 e. The molecule has 2 aromatic rings. The first-order chi connectivity index (χ1) is 11.0. The van der Waals surface area contributed by atoms with Crippen molar-refractivity contribution in [2.24, 2.45) is 5.92 Å². The molecule has 0 saturated carbocycles. The lowest BCUT2D eigenvalue weighted by Gasteiger charge is -2.18. The maximum atomic E-state index is 12.7. The molecule has 3 rings (SSSR count). The molecule has 0 aliphatic carbocycles. The van der Waals surface area contributed by atoms with Crippen molar-refractivity contribution >= 4 is 29.1 Å². The van der Waals surface area contributed by atoms with Crippen LogP contribution < -0.4 is 4.90 Å². The second-order valence-corrected chi connectivity index (χ2v) is 6.53. The molecule has 3 nitrogen and oxygen atoms in total. The number of benzene rings is 2. The van der Waals surface area contributed by atoms with E-state index in [0.29, 0.717) is 17.1 Å². The van der Waals surface area contributed by atoms with Crippen LogP contribution in [0.2, 0.25) is 5.02 Å².